The number of hydrogen-bond acceptors (Lipinski definition) is 2. The fraction of sp³-hybridized carbons (Fsp3) is 0.500. The van der Waals surface area contributed by atoms with Crippen molar-refractivity contribution in [3.8, 4) is 5.75 Å². The number of rotatable bonds is 5. The highest BCUT2D eigenvalue weighted by molar-refractivity contribution is 6.17. The molecule has 1 amide bonds. The summed E-state index contributed by atoms with van der Waals surface area (Å²) in [5.41, 5.74) is 1.70. The molecule has 18 heavy (non-hydrogen) atoms. The monoisotopic (exact) mass is 267 g/mol. The summed E-state index contributed by atoms with van der Waals surface area (Å²) in [5.74, 6) is 1.47. The van der Waals surface area contributed by atoms with Gasteiger partial charge in [-0.15, -0.1) is 11.6 Å². The maximum absolute atomic E-state index is 11.8. The first-order valence-electron chi connectivity index (χ1n) is 6.37. The van der Waals surface area contributed by atoms with E-state index in [1.807, 2.05) is 25.1 Å². The SMILES string of the molecule is CCOc1ccc(NC(=O)C2CCC2)cc1CCl. The summed E-state index contributed by atoms with van der Waals surface area (Å²) in [4.78, 5) is 11.8. The number of alkyl halides is 1. The van der Waals surface area contributed by atoms with Gasteiger partial charge in [-0.25, -0.2) is 0 Å². The number of carbonyl (C=O) groups is 1. The van der Waals surface area contributed by atoms with Crippen LogP contribution in [-0.2, 0) is 10.7 Å². The van der Waals surface area contributed by atoms with Crippen LogP contribution in [0, 0.1) is 5.92 Å². The highest BCUT2D eigenvalue weighted by Gasteiger charge is 2.25. The Kier molecular flexibility index (Phi) is 4.48. The van der Waals surface area contributed by atoms with Crippen LogP contribution < -0.4 is 10.1 Å². The number of anilines is 1. The van der Waals surface area contributed by atoms with Crippen LogP contribution in [-0.4, -0.2) is 12.5 Å². The van der Waals surface area contributed by atoms with Crippen LogP contribution >= 0.6 is 11.6 Å². The van der Waals surface area contributed by atoms with Crippen molar-refractivity contribution in [3.05, 3.63) is 23.8 Å². The highest BCUT2D eigenvalue weighted by Crippen LogP contribution is 2.29. The Hall–Kier alpha value is -1.22. The van der Waals surface area contributed by atoms with E-state index in [0.717, 1.165) is 36.3 Å². The molecule has 1 N–H and O–H groups in total. The maximum atomic E-state index is 11.8. The second-order valence-corrected chi connectivity index (χ2v) is 4.77. The predicted octanol–water partition coefficient (Wildman–Crippen LogP) is 3.56. The van der Waals surface area contributed by atoms with E-state index >= 15 is 0 Å². The average Bonchev–Trinajstić information content (AvgIpc) is 2.29. The topological polar surface area (TPSA) is 38.3 Å². The lowest BCUT2D eigenvalue weighted by atomic mass is 9.85. The Bertz CT molecular complexity index is 430. The highest BCUT2D eigenvalue weighted by atomic mass is 35.5. The lowest BCUT2D eigenvalue weighted by Crippen LogP contribution is -2.28. The molecule has 3 nitrogen and oxygen atoms in total. The first kappa shape index (κ1) is 13.2. The number of carbonyl (C=O) groups excluding carboxylic acids is 1. The summed E-state index contributed by atoms with van der Waals surface area (Å²) in [6.07, 6.45) is 3.17. The van der Waals surface area contributed by atoms with Gasteiger partial charge in [0.2, 0.25) is 5.91 Å². The van der Waals surface area contributed by atoms with Crippen LogP contribution in [0.2, 0.25) is 0 Å². The summed E-state index contributed by atoms with van der Waals surface area (Å²) in [7, 11) is 0. The molecular weight excluding hydrogens is 250 g/mol. The van der Waals surface area contributed by atoms with Crippen molar-refractivity contribution in [1.29, 1.82) is 0 Å². The molecule has 0 heterocycles. The second kappa shape index (κ2) is 6.10. The third-order valence-electron chi connectivity index (χ3n) is 3.25. The number of hydrogen-bond donors (Lipinski definition) is 1. The van der Waals surface area contributed by atoms with Crippen molar-refractivity contribution >= 4 is 23.2 Å². The third kappa shape index (κ3) is 2.96. The zero-order chi connectivity index (χ0) is 13.0. The molecular formula is C14H18ClNO2. The molecule has 1 saturated carbocycles. The van der Waals surface area contributed by atoms with E-state index in [1.165, 1.54) is 0 Å². The first-order valence-corrected chi connectivity index (χ1v) is 6.90. The maximum Gasteiger partial charge on any atom is 0.227 e. The smallest absolute Gasteiger partial charge is 0.227 e. The zero-order valence-electron chi connectivity index (χ0n) is 10.5. The Balaban J connectivity index is 2.06. The standard InChI is InChI=1S/C14H18ClNO2/c1-2-18-13-7-6-12(8-11(13)9-15)16-14(17)10-4-3-5-10/h6-8,10H,2-5,9H2,1H3,(H,16,17). The summed E-state index contributed by atoms with van der Waals surface area (Å²) < 4.78 is 5.47. The van der Waals surface area contributed by atoms with Gasteiger partial charge in [-0.05, 0) is 38.0 Å². The minimum absolute atomic E-state index is 0.117. The van der Waals surface area contributed by atoms with Gasteiger partial charge in [0, 0.05) is 17.2 Å². The molecule has 4 heteroatoms. The van der Waals surface area contributed by atoms with Gasteiger partial charge in [0.05, 0.1) is 12.5 Å². The Morgan fingerprint density at radius 1 is 1.50 bits per heavy atom. The van der Waals surface area contributed by atoms with Gasteiger partial charge in [0.25, 0.3) is 0 Å². The summed E-state index contributed by atoms with van der Waals surface area (Å²) >= 11 is 5.88. The van der Waals surface area contributed by atoms with Crippen LogP contribution in [0.25, 0.3) is 0 Å². The van der Waals surface area contributed by atoms with Gasteiger partial charge < -0.3 is 10.1 Å². The number of amides is 1. The number of ether oxygens (including phenoxy) is 1. The molecule has 98 valence electrons. The van der Waals surface area contributed by atoms with E-state index in [-0.39, 0.29) is 11.8 Å². The third-order valence-corrected chi connectivity index (χ3v) is 3.54. The van der Waals surface area contributed by atoms with Crippen molar-refractivity contribution < 1.29 is 9.53 Å². The molecule has 0 aromatic heterocycles. The fourth-order valence-electron chi connectivity index (χ4n) is 1.97. The molecule has 1 aliphatic carbocycles. The molecule has 1 fully saturated rings. The summed E-state index contributed by atoms with van der Waals surface area (Å²) in [6.45, 7) is 2.54. The first-order chi connectivity index (χ1) is 8.74. The van der Waals surface area contributed by atoms with Gasteiger partial charge in [-0.3, -0.25) is 4.79 Å². The van der Waals surface area contributed by atoms with E-state index in [1.54, 1.807) is 0 Å². The van der Waals surface area contributed by atoms with Gasteiger partial charge in [0.15, 0.2) is 0 Å². The van der Waals surface area contributed by atoms with Crippen molar-refractivity contribution in [2.75, 3.05) is 11.9 Å². The molecule has 1 aliphatic rings. The van der Waals surface area contributed by atoms with Crippen LogP contribution in [0.15, 0.2) is 18.2 Å². The minimum Gasteiger partial charge on any atom is -0.494 e. The van der Waals surface area contributed by atoms with Gasteiger partial charge in [0.1, 0.15) is 5.75 Å². The molecule has 0 radical (unpaired) electrons. The molecule has 0 saturated heterocycles. The lowest BCUT2D eigenvalue weighted by Gasteiger charge is -2.24. The van der Waals surface area contributed by atoms with Crippen molar-refractivity contribution in [2.45, 2.75) is 32.1 Å². The van der Waals surface area contributed by atoms with Gasteiger partial charge in [-0.1, -0.05) is 6.42 Å². The largest absolute Gasteiger partial charge is 0.494 e. The van der Waals surface area contributed by atoms with Gasteiger partial charge >= 0.3 is 0 Å². The van der Waals surface area contributed by atoms with Crippen LogP contribution in [0.4, 0.5) is 5.69 Å². The predicted molar refractivity (Wildman–Crippen MR) is 73.1 cm³/mol. The molecule has 0 aliphatic heterocycles. The number of nitrogens with one attached hydrogen (secondary N) is 1. The average molecular weight is 268 g/mol. The summed E-state index contributed by atoms with van der Waals surface area (Å²) in [5, 5.41) is 2.93. The van der Waals surface area contributed by atoms with E-state index in [0.29, 0.717) is 12.5 Å². The van der Waals surface area contributed by atoms with Crippen molar-refractivity contribution in [2.24, 2.45) is 5.92 Å². The number of benzene rings is 1. The van der Waals surface area contributed by atoms with Gasteiger partial charge in [-0.2, -0.15) is 0 Å². The van der Waals surface area contributed by atoms with Crippen molar-refractivity contribution in [1.82, 2.24) is 0 Å². The lowest BCUT2D eigenvalue weighted by molar-refractivity contribution is -0.122. The van der Waals surface area contributed by atoms with Crippen LogP contribution in [0.3, 0.4) is 0 Å². The van der Waals surface area contributed by atoms with Crippen LogP contribution in [0.5, 0.6) is 5.75 Å². The van der Waals surface area contributed by atoms with Crippen LogP contribution in [0.1, 0.15) is 31.7 Å². The zero-order valence-corrected chi connectivity index (χ0v) is 11.3. The quantitative estimate of drug-likeness (QED) is 0.829. The Labute approximate surface area is 112 Å². The van der Waals surface area contributed by atoms with E-state index in [9.17, 15) is 4.79 Å². The second-order valence-electron chi connectivity index (χ2n) is 4.51. The van der Waals surface area contributed by atoms with E-state index in [2.05, 4.69) is 5.32 Å². The Morgan fingerprint density at radius 3 is 2.83 bits per heavy atom. The minimum atomic E-state index is 0.117. The molecule has 0 atom stereocenters. The number of halogens is 1. The molecule has 2 rings (SSSR count). The molecule has 0 unspecified atom stereocenters. The van der Waals surface area contributed by atoms with Crippen molar-refractivity contribution in [3.63, 3.8) is 0 Å². The normalized spacial score (nSPS) is 15.0. The van der Waals surface area contributed by atoms with E-state index < -0.39 is 0 Å². The molecule has 1 aromatic rings. The molecule has 0 bridgehead atoms. The molecule has 1 aromatic carbocycles. The Morgan fingerprint density at radius 2 is 2.28 bits per heavy atom. The summed E-state index contributed by atoms with van der Waals surface area (Å²) in [6, 6.07) is 5.60. The fourth-order valence-corrected chi connectivity index (χ4v) is 2.18. The van der Waals surface area contributed by atoms with E-state index in [4.69, 9.17) is 16.3 Å². The molecule has 0 spiro atoms.